The molecule has 3 heterocycles. The summed E-state index contributed by atoms with van der Waals surface area (Å²) in [4.78, 5) is 34.6. The first-order valence-corrected chi connectivity index (χ1v) is 10.1. The van der Waals surface area contributed by atoms with Gasteiger partial charge in [-0.15, -0.1) is 5.10 Å². The van der Waals surface area contributed by atoms with E-state index < -0.39 is 5.41 Å². The molecule has 2 aromatic heterocycles. The third kappa shape index (κ3) is 3.96. The predicted octanol–water partition coefficient (Wildman–Crippen LogP) is 2.45. The van der Waals surface area contributed by atoms with Gasteiger partial charge in [-0.25, -0.2) is 14.1 Å². The van der Waals surface area contributed by atoms with E-state index in [9.17, 15) is 14.0 Å². The Labute approximate surface area is 173 Å². The van der Waals surface area contributed by atoms with Crippen molar-refractivity contribution in [1.29, 1.82) is 0 Å². The van der Waals surface area contributed by atoms with Crippen LogP contribution in [-0.2, 0) is 11.3 Å². The number of fused-ring (bicyclic) bond motifs is 1. The van der Waals surface area contributed by atoms with Crippen LogP contribution in [-0.4, -0.2) is 48.9 Å². The second-order valence-corrected chi connectivity index (χ2v) is 8.84. The molecule has 1 atom stereocenters. The summed E-state index contributed by atoms with van der Waals surface area (Å²) >= 11 is 0. The molecule has 0 bridgehead atoms. The molecule has 1 aliphatic rings. The molecule has 4 rings (SSSR count). The zero-order chi connectivity index (χ0) is 21.5. The molecule has 1 amide bonds. The van der Waals surface area contributed by atoms with Crippen molar-refractivity contribution in [3.8, 4) is 0 Å². The van der Waals surface area contributed by atoms with Gasteiger partial charge in [0, 0.05) is 24.4 Å². The smallest absolute Gasteiger partial charge is 0.281 e. The van der Waals surface area contributed by atoms with Crippen molar-refractivity contribution in [2.24, 2.45) is 5.41 Å². The quantitative estimate of drug-likeness (QED) is 0.713. The number of nitrogens with zero attached hydrogens (tertiary/aromatic N) is 5. The summed E-state index contributed by atoms with van der Waals surface area (Å²) in [5.41, 5.74) is 0.576. The lowest BCUT2D eigenvalue weighted by Crippen LogP contribution is -2.45. The molecule has 3 aromatic rings. The van der Waals surface area contributed by atoms with E-state index in [1.54, 1.807) is 16.8 Å². The van der Waals surface area contributed by atoms with Crippen LogP contribution in [0.4, 0.5) is 4.39 Å². The Morgan fingerprint density at radius 2 is 2.00 bits per heavy atom. The van der Waals surface area contributed by atoms with Crippen LogP contribution in [0.1, 0.15) is 50.9 Å². The van der Waals surface area contributed by atoms with Crippen molar-refractivity contribution in [1.82, 2.24) is 29.9 Å². The minimum Gasteiger partial charge on any atom is -0.342 e. The summed E-state index contributed by atoms with van der Waals surface area (Å²) < 4.78 is 14.7. The van der Waals surface area contributed by atoms with Crippen LogP contribution in [0.3, 0.4) is 0 Å². The maximum atomic E-state index is 13.2. The molecular weight excluding hydrogens is 387 g/mol. The molecular formula is C21H25FN6O2. The van der Waals surface area contributed by atoms with Crippen LogP contribution in [0.2, 0.25) is 0 Å². The van der Waals surface area contributed by atoms with Crippen molar-refractivity contribution in [2.45, 2.75) is 46.1 Å². The lowest BCUT2D eigenvalue weighted by atomic mass is 9.91. The predicted molar refractivity (Wildman–Crippen MR) is 109 cm³/mol. The zero-order valence-electron chi connectivity index (χ0n) is 17.4. The topological polar surface area (TPSA) is 96.8 Å². The normalized spacial score (nSPS) is 17.5. The fourth-order valence-electron chi connectivity index (χ4n) is 3.80. The molecule has 1 aliphatic heterocycles. The van der Waals surface area contributed by atoms with Gasteiger partial charge in [-0.3, -0.25) is 9.59 Å². The Kier molecular flexibility index (Phi) is 5.13. The van der Waals surface area contributed by atoms with Gasteiger partial charge < -0.3 is 9.88 Å². The number of nitrogens with one attached hydrogen (secondary N) is 1. The first-order chi connectivity index (χ1) is 14.2. The maximum Gasteiger partial charge on any atom is 0.281 e. The van der Waals surface area contributed by atoms with Crippen LogP contribution in [0.15, 0.2) is 29.1 Å². The van der Waals surface area contributed by atoms with Crippen LogP contribution in [0, 0.1) is 11.2 Å². The summed E-state index contributed by atoms with van der Waals surface area (Å²) in [7, 11) is 0. The number of aromatic amines is 1. The number of hydrogen-bond donors (Lipinski definition) is 1. The minimum atomic E-state index is -0.454. The Bertz CT molecular complexity index is 1130. The first-order valence-electron chi connectivity index (χ1n) is 10.1. The van der Waals surface area contributed by atoms with Crippen LogP contribution >= 0.6 is 0 Å². The largest absolute Gasteiger partial charge is 0.342 e. The van der Waals surface area contributed by atoms with E-state index in [1.165, 1.54) is 12.1 Å². The number of likely N-dealkylation sites (tertiary alicyclic amines) is 1. The van der Waals surface area contributed by atoms with Crippen molar-refractivity contribution in [3.63, 3.8) is 0 Å². The molecule has 158 valence electrons. The number of halogens is 1. The van der Waals surface area contributed by atoms with E-state index >= 15 is 0 Å². The monoisotopic (exact) mass is 412 g/mol. The fourth-order valence-corrected chi connectivity index (χ4v) is 3.80. The highest BCUT2D eigenvalue weighted by molar-refractivity contribution is 5.81. The molecule has 8 nitrogen and oxygen atoms in total. The van der Waals surface area contributed by atoms with E-state index in [0.717, 1.165) is 18.4 Å². The number of aromatic nitrogens is 5. The molecule has 1 saturated heterocycles. The van der Waals surface area contributed by atoms with Gasteiger partial charge in [0.05, 0.1) is 6.54 Å². The molecule has 1 N–H and O–H groups in total. The average Bonchev–Trinajstić information content (AvgIpc) is 3.12. The second kappa shape index (κ2) is 7.62. The minimum absolute atomic E-state index is 0.0590. The number of carbonyl (C=O) groups is 1. The summed E-state index contributed by atoms with van der Waals surface area (Å²) in [6, 6.07) is 6.08. The number of piperidine rings is 1. The van der Waals surface area contributed by atoms with Gasteiger partial charge in [0.1, 0.15) is 11.6 Å². The summed E-state index contributed by atoms with van der Waals surface area (Å²) in [5.74, 6) is 0.266. The maximum absolute atomic E-state index is 13.2. The Balaban J connectivity index is 1.64. The number of hydrogen-bond acceptors (Lipinski definition) is 5. The number of carbonyl (C=O) groups excluding carboxylic acids is 1. The molecule has 1 fully saturated rings. The second-order valence-electron chi connectivity index (χ2n) is 8.84. The SMILES string of the molecule is CC(C)(C)C(=O)N1CCC[C@@H](c2nc3c(nnn3Cc3ccc(F)cc3)c(=O)[nH]2)C1. The van der Waals surface area contributed by atoms with Crippen LogP contribution in [0.5, 0.6) is 0 Å². The lowest BCUT2D eigenvalue weighted by Gasteiger charge is -2.36. The van der Waals surface area contributed by atoms with Crippen molar-refractivity contribution >= 4 is 17.1 Å². The molecule has 0 spiro atoms. The highest BCUT2D eigenvalue weighted by Gasteiger charge is 2.32. The fraction of sp³-hybridized carbons (Fsp3) is 0.476. The highest BCUT2D eigenvalue weighted by Crippen LogP contribution is 2.28. The molecule has 30 heavy (non-hydrogen) atoms. The molecule has 1 aromatic carbocycles. The van der Waals surface area contributed by atoms with Gasteiger partial charge in [0.15, 0.2) is 11.2 Å². The Hall–Kier alpha value is -3.10. The summed E-state index contributed by atoms with van der Waals surface area (Å²) in [6.07, 6.45) is 1.68. The number of H-pyrrole nitrogens is 1. The van der Waals surface area contributed by atoms with Crippen molar-refractivity contribution in [2.75, 3.05) is 13.1 Å². The number of amides is 1. The van der Waals surface area contributed by atoms with E-state index in [-0.39, 0.29) is 28.7 Å². The molecule has 9 heteroatoms. The van der Waals surface area contributed by atoms with Gasteiger partial charge in [-0.05, 0) is 30.5 Å². The van der Waals surface area contributed by atoms with E-state index in [1.807, 2.05) is 25.7 Å². The zero-order valence-corrected chi connectivity index (χ0v) is 17.4. The van der Waals surface area contributed by atoms with E-state index in [2.05, 4.69) is 20.3 Å². The molecule has 0 radical (unpaired) electrons. The van der Waals surface area contributed by atoms with Gasteiger partial charge in [0.2, 0.25) is 5.91 Å². The molecule has 0 saturated carbocycles. The summed E-state index contributed by atoms with van der Waals surface area (Å²) in [6.45, 7) is 7.28. The van der Waals surface area contributed by atoms with Crippen molar-refractivity contribution < 1.29 is 9.18 Å². The van der Waals surface area contributed by atoms with Gasteiger partial charge in [-0.1, -0.05) is 38.1 Å². The third-order valence-electron chi connectivity index (χ3n) is 5.37. The van der Waals surface area contributed by atoms with Crippen LogP contribution in [0.25, 0.3) is 11.2 Å². The lowest BCUT2D eigenvalue weighted by molar-refractivity contribution is -0.140. The molecule has 0 unspecified atom stereocenters. The number of rotatable bonds is 3. The number of benzene rings is 1. The standard InChI is InChI=1S/C21H25FN6O2/c1-21(2,3)20(30)27-10-4-5-14(12-27)17-23-18-16(19(29)24-17)25-26-28(18)11-13-6-8-15(22)9-7-13/h6-9,14H,4-5,10-12H2,1-3H3,(H,23,24,29)/t14-/m1/s1. The van der Waals surface area contributed by atoms with Crippen LogP contribution < -0.4 is 5.56 Å². The third-order valence-corrected chi connectivity index (χ3v) is 5.37. The highest BCUT2D eigenvalue weighted by atomic mass is 19.1. The molecule has 0 aliphatic carbocycles. The van der Waals surface area contributed by atoms with Crippen molar-refractivity contribution in [3.05, 3.63) is 51.8 Å². The van der Waals surface area contributed by atoms with Gasteiger partial charge in [-0.2, -0.15) is 0 Å². The van der Waals surface area contributed by atoms with E-state index in [4.69, 9.17) is 0 Å². The Morgan fingerprint density at radius 1 is 1.27 bits per heavy atom. The average molecular weight is 412 g/mol. The van der Waals surface area contributed by atoms with Gasteiger partial charge >= 0.3 is 0 Å². The van der Waals surface area contributed by atoms with Gasteiger partial charge in [0.25, 0.3) is 5.56 Å². The summed E-state index contributed by atoms with van der Waals surface area (Å²) in [5, 5.41) is 8.02. The van der Waals surface area contributed by atoms with E-state index in [0.29, 0.717) is 31.1 Å². The Morgan fingerprint density at radius 3 is 2.70 bits per heavy atom. The first kappa shape index (κ1) is 20.2.